The van der Waals surface area contributed by atoms with E-state index in [-0.39, 0.29) is 11.9 Å². The maximum absolute atomic E-state index is 12.4. The molecule has 0 aliphatic carbocycles. The van der Waals surface area contributed by atoms with Gasteiger partial charge < -0.3 is 16.0 Å². The Labute approximate surface area is 155 Å². The van der Waals surface area contributed by atoms with Gasteiger partial charge in [0.05, 0.1) is 10.2 Å². The van der Waals surface area contributed by atoms with Gasteiger partial charge in [-0.3, -0.25) is 4.79 Å². The molecule has 0 saturated heterocycles. The third-order valence-electron chi connectivity index (χ3n) is 4.08. The smallest absolute Gasteiger partial charge is 0.308 e. The van der Waals surface area contributed by atoms with Gasteiger partial charge in [0, 0.05) is 18.3 Å². The van der Waals surface area contributed by atoms with Crippen LogP contribution >= 0.6 is 11.3 Å². The fourth-order valence-corrected chi connectivity index (χ4v) is 3.67. The molecule has 0 saturated carbocycles. The number of carbonyl (C=O) groups excluding carboxylic acids is 2. The van der Waals surface area contributed by atoms with E-state index in [1.165, 1.54) is 18.3 Å². The van der Waals surface area contributed by atoms with Crippen LogP contribution in [0.2, 0.25) is 0 Å². The highest BCUT2D eigenvalue weighted by Gasteiger charge is 2.11. The molecule has 1 aromatic heterocycles. The molecule has 134 valence electrons. The first-order valence-electron chi connectivity index (χ1n) is 8.16. The maximum Gasteiger partial charge on any atom is 0.323 e. The lowest BCUT2D eigenvalue weighted by atomic mass is 10.1. The van der Waals surface area contributed by atoms with Crippen molar-refractivity contribution in [3.63, 3.8) is 0 Å². The van der Waals surface area contributed by atoms with Crippen molar-refractivity contribution in [2.75, 3.05) is 16.0 Å². The lowest BCUT2D eigenvalue weighted by Gasteiger charge is -2.12. The standard InChI is InChI=1S/C19H20N4O2S/c1-10-6-5-7-15(12(10)3)22-18(25)21-14-8-11(2)17-16(9-14)26-19(23-17)20-13(4)24/h5-9H,1-4H3,(H,20,23,24)(H2,21,22,25). The lowest BCUT2D eigenvalue weighted by molar-refractivity contribution is -0.114. The van der Waals surface area contributed by atoms with Gasteiger partial charge in [-0.2, -0.15) is 0 Å². The summed E-state index contributed by atoms with van der Waals surface area (Å²) < 4.78 is 0.899. The second-order valence-corrected chi connectivity index (χ2v) is 7.20. The van der Waals surface area contributed by atoms with E-state index in [1.54, 1.807) is 0 Å². The number of aromatic nitrogens is 1. The lowest BCUT2D eigenvalue weighted by Crippen LogP contribution is -2.20. The van der Waals surface area contributed by atoms with Crippen molar-refractivity contribution in [3.8, 4) is 0 Å². The Kier molecular flexibility index (Phi) is 4.90. The van der Waals surface area contributed by atoms with Gasteiger partial charge in [-0.1, -0.05) is 23.5 Å². The molecular weight excluding hydrogens is 348 g/mol. The molecular formula is C19H20N4O2S. The Bertz CT molecular complexity index is 1010. The quantitative estimate of drug-likeness (QED) is 0.619. The molecule has 0 aliphatic heterocycles. The number of nitrogens with one attached hydrogen (secondary N) is 3. The first kappa shape index (κ1) is 17.9. The fourth-order valence-electron chi connectivity index (χ4n) is 2.64. The second-order valence-electron chi connectivity index (χ2n) is 6.17. The van der Waals surface area contributed by atoms with Crippen molar-refractivity contribution >= 4 is 50.0 Å². The van der Waals surface area contributed by atoms with Gasteiger partial charge >= 0.3 is 6.03 Å². The number of nitrogens with zero attached hydrogens (tertiary/aromatic N) is 1. The average Bonchev–Trinajstić information content (AvgIpc) is 2.94. The Morgan fingerprint density at radius 3 is 2.50 bits per heavy atom. The molecule has 0 atom stereocenters. The van der Waals surface area contributed by atoms with Crippen molar-refractivity contribution < 1.29 is 9.59 Å². The van der Waals surface area contributed by atoms with E-state index in [9.17, 15) is 9.59 Å². The maximum atomic E-state index is 12.4. The van der Waals surface area contributed by atoms with Crippen molar-refractivity contribution in [2.45, 2.75) is 27.7 Å². The van der Waals surface area contributed by atoms with Gasteiger partial charge in [0.15, 0.2) is 5.13 Å². The summed E-state index contributed by atoms with van der Waals surface area (Å²) >= 11 is 1.37. The predicted molar refractivity (Wildman–Crippen MR) is 107 cm³/mol. The number of benzene rings is 2. The van der Waals surface area contributed by atoms with Crippen molar-refractivity contribution in [3.05, 3.63) is 47.0 Å². The number of hydrogen-bond donors (Lipinski definition) is 3. The summed E-state index contributed by atoms with van der Waals surface area (Å²) in [4.78, 5) is 28.0. The van der Waals surface area contributed by atoms with Crippen LogP contribution in [0.25, 0.3) is 10.2 Å². The molecule has 3 rings (SSSR count). The minimum Gasteiger partial charge on any atom is -0.308 e. The monoisotopic (exact) mass is 368 g/mol. The zero-order valence-corrected chi connectivity index (χ0v) is 15.9. The Morgan fingerprint density at radius 1 is 1.00 bits per heavy atom. The molecule has 26 heavy (non-hydrogen) atoms. The summed E-state index contributed by atoms with van der Waals surface area (Å²) in [6, 6.07) is 9.21. The van der Waals surface area contributed by atoms with Crippen LogP contribution in [0.15, 0.2) is 30.3 Å². The van der Waals surface area contributed by atoms with Crippen LogP contribution in [-0.2, 0) is 4.79 Å². The van der Waals surface area contributed by atoms with E-state index in [0.29, 0.717) is 10.8 Å². The first-order chi connectivity index (χ1) is 12.3. The van der Waals surface area contributed by atoms with E-state index < -0.39 is 0 Å². The number of hydrogen-bond acceptors (Lipinski definition) is 4. The number of amides is 3. The molecule has 7 heteroatoms. The third-order valence-corrected chi connectivity index (χ3v) is 5.00. The fraction of sp³-hybridized carbons (Fsp3) is 0.211. The normalized spacial score (nSPS) is 10.6. The summed E-state index contributed by atoms with van der Waals surface area (Å²) in [5.41, 5.74) is 5.37. The third kappa shape index (κ3) is 3.83. The molecule has 0 fully saturated rings. The second kappa shape index (κ2) is 7.13. The van der Waals surface area contributed by atoms with Crippen molar-refractivity contribution in [2.24, 2.45) is 0 Å². The van der Waals surface area contributed by atoms with Crippen molar-refractivity contribution in [1.29, 1.82) is 0 Å². The summed E-state index contributed by atoms with van der Waals surface area (Å²) in [5.74, 6) is -0.159. The van der Waals surface area contributed by atoms with Gasteiger partial charge in [-0.25, -0.2) is 9.78 Å². The molecule has 0 aliphatic rings. The van der Waals surface area contributed by atoms with Crippen LogP contribution < -0.4 is 16.0 Å². The Hall–Kier alpha value is -2.93. The van der Waals surface area contributed by atoms with E-state index in [0.717, 1.165) is 32.6 Å². The average molecular weight is 368 g/mol. The van der Waals surface area contributed by atoms with Gasteiger partial charge in [-0.05, 0) is 55.7 Å². The molecule has 3 amide bonds. The van der Waals surface area contributed by atoms with Gasteiger partial charge in [-0.15, -0.1) is 0 Å². The summed E-state index contributed by atoms with van der Waals surface area (Å²) in [7, 11) is 0. The first-order valence-corrected chi connectivity index (χ1v) is 8.98. The molecule has 1 heterocycles. The largest absolute Gasteiger partial charge is 0.323 e. The zero-order chi connectivity index (χ0) is 18.8. The van der Waals surface area contributed by atoms with E-state index in [4.69, 9.17) is 0 Å². The number of urea groups is 1. The van der Waals surface area contributed by atoms with Gasteiger partial charge in [0.2, 0.25) is 5.91 Å². The SMILES string of the molecule is CC(=O)Nc1nc2c(C)cc(NC(=O)Nc3cccc(C)c3C)cc2s1. The van der Waals surface area contributed by atoms with Crippen LogP contribution in [0, 0.1) is 20.8 Å². The Morgan fingerprint density at radius 2 is 1.77 bits per heavy atom. The minimum absolute atomic E-state index is 0.159. The number of rotatable bonds is 3. The van der Waals surface area contributed by atoms with E-state index >= 15 is 0 Å². The molecule has 0 spiro atoms. The predicted octanol–water partition coefficient (Wildman–Crippen LogP) is 4.82. The van der Waals surface area contributed by atoms with Crippen molar-refractivity contribution in [1.82, 2.24) is 4.98 Å². The Balaban J connectivity index is 1.80. The minimum atomic E-state index is -0.302. The molecule has 0 unspecified atom stereocenters. The number of anilines is 3. The number of fused-ring (bicyclic) bond motifs is 1. The summed E-state index contributed by atoms with van der Waals surface area (Å²) in [5, 5.41) is 8.98. The topological polar surface area (TPSA) is 83.1 Å². The number of aryl methyl sites for hydroxylation is 2. The summed E-state index contributed by atoms with van der Waals surface area (Å²) in [6.45, 7) is 7.35. The molecule has 2 aromatic carbocycles. The van der Waals surface area contributed by atoms with Crippen LogP contribution in [0.3, 0.4) is 0 Å². The number of carbonyl (C=O) groups is 2. The summed E-state index contributed by atoms with van der Waals surface area (Å²) in [6.07, 6.45) is 0. The molecule has 0 radical (unpaired) electrons. The van der Waals surface area contributed by atoms with E-state index in [2.05, 4.69) is 20.9 Å². The molecule has 0 bridgehead atoms. The molecule has 3 N–H and O–H groups in total. The van der Waals surface area contributed by atoms with Crippen LogP contribution in [0.1, 0.15) is 23.6 Å². The number of thiazole rings is 1. The van der Waals surface area contributed by atoms with Crippen LogP contribution in [-0.4, -0.2) is 16.9 Å². The highest BCUT2D eigenvalue weighted by molar-refractivity contribution is 7.22. The molecule has 3 aromatic rings. The van der Waals surface area contributed by atoms with Gasteiger partial charge in [0.1, 0.15) is 0 Å². The van der Waals surface area contributed by atoms with Gasteiger partial charge in [0.25, 0.3) is 0 Å². The zero-order valence-electron chi connectivity index (χ0n) is 15.1. The van der Waals surface area contributed by atoms with E-state index in [1.807, 2.05) is 51.1 Å². The highest BCUT2D eigenvalue weighted by Crippen LogP contribution is 2.31. The highest BCUT2D eigenvalue weighted by atomic mass is 32.1. The van der Waals surface area contributed by atoms with Crippen LogP contribution in [0.5, 0.6) is 0 Å². The molecule has 6 nitrogen and oxygen atoms in total. The van der Waals surface area contributed by atoms with Crippen LogP contribution in [0.4, 0.5) is 21.3 Å².